The van der Waals surface area contributed by atoms with E-state index in [0.29, 0.717) is 29.3 Å². The summed E-state index contributed by atoms with van der Waals surface area (Å²) in [5, 5.41) is 5.61. The van der Waals surface area contributed by atoms with E-state index in [9.17, 15) is 14.4 Å². The largest absolute Gasteiger partial charge is 0.484 e. The standard InChI is InChI=1S/C27H28N2O5S/c1-2-3-16-33-27(32)20-12-14-21(15-13-20)28-26(31)19-35-24-11-7-8-22(17-24)29-25(30)18-34-23-9-5-4-6-10-23/h4-15,17H,2-3,16,18-19H2,1H3,(H,28,31)(H,29,30). The smallest absolute Gasteiger partial charge is 0.338 e. The van der Waals surface area contributed by atoms with Crippen LogP contribution >= 0.6 is 11.8 Å². The highest BCUT2D eigenvalue weighted by molar-refractivity contribution is 8.00. The number of carbonyl (C=O) groups is 3. The molecule has 0 aromatic heterocycles. The predicted octanol–water partition coefficient (Wildman–Crippen LogP) is 5.39. The number of amides is 2. The van der Waals surface area contributed by atoms with E-state index in [4.69, 9.17) is 9.47 Å². The maximum atomic E-state index is 12.4. The van der Waals surface area contributed by atoms with Gasteiger partial charge in [-0.25, -0.2) is 4.79 Å². The second-order valence-electron chi connectivity index (χ2n) is 7.58. The Hall–Kier alpha value is -3.78. The van der Waals surface area contributed by atoms with Crippen LogP contribution in [0.25, 0.3) is 0 Å². The summed E-state index contributed by atoms with van der Waals surface area (Å²) in [6.45, 7) is 2.33. The van der Waals surface area contributed by atoms with Crippen LogP contribution in [0.5, 0.6) is 5.75 Å². The van der Waals surface area contributed by atoms with Gasteiger partial charge in [-0.05, 0) is 61.0 Å². The van der Waals surface area contributed by atoms with Gasteiger partial charge in [0, 0.05) is 16.3 Å². The number of hydrogen-bond donors (Lipinski definition) is 2. The molecule has 0 atom stereocenters. The summed E-state index contributed by atoms with van der Waals surface area (Å²) in [5.41, 5.74) is 1.67. The van der Waals surface area contributed by atoms with E-state index in [1.54, 1.807) is 48.5 Å². The molecule has 0 aliphatic rings. The first kappa shape index (κ1) is 25.8. The molecule has 0 aliphatic heterocycles. The molecule has 3 aromatic rings. The Morgan fingerprint density at radius 2 is 1.57 bits per heavy atom. The second kappa shape index (κ2) is 13.8. The van der Waals surface area contributed by atoms with Crippen LogP contribution in [0.4, 0.5) is 11.4 Å². The quantitative estimate of drug-likeness (QED) is 0.200. The van der Waals surface area contributed by atoms with Crippen molar-refractivity contribution >= 4 is 40.9 Å². The first-order chi connectivity index (χ1) is 17.0. The van der Waals surface area contributed by atoms with Gasteiger partial charge in [0.25, 0.3) is 5.91 Å². The summed E-state index contributed by atoms with van der Waals surface area (Å²) >= 11 is 1.35. The molecule has 2 amide bonds. The maximum Gasteiger partial charge on any atom is 0.338 e. The molecule has 0 unspecified atom stereocenters. The Morgan fingerprint density at radius 3 is 2.31 bits per heavy atom. The highest BCUT2D eigenvalue weighted by Gasteiger charge is 2.09. The topological polar surface area (TPSA) is 93.7 Å². The number of carbonyl (C=O) groups excluding carboxylic acids is 3. The average molecular weight is 493 g/mol. The third-order valence-electron chi connectivity index (χ3n) is 4.74. The van der Waals surface area contributed by atoms with Crippen molar-refractivity contribution < 1.29 is 23.9 Å². The third kappa shape index (κ3) is 9.17. The molecule has 7 nitrogen and oxygen atoms in total. The van der Waals surface area contributed by atoms with Crippen molar-refractivity contribution in [2.75, 3.05) is 29.6 Å². The first-order valence-electron chi connectivity index (χ1n) is 11.3. The molecule has 0 fully saturated rings. The fourth-order valence-corrected chi connectivity index (χ4v) is 3.71. The highest BCUT2D eigenvalue weighted by atomic mass is 32.2. The van der Waals surface area contributed by atoms with Crippen LogP contribution in [0.3, 0.4) is 0 Å². The molecular formula is C27H28N2O5S. The van der Waals surface area contributed by atoms with Gasteiger partial charge in [0.1, 0.15) is 5.75 Å². The van der Waals surface area contributed by atoms with E-state index in [1.807, 2.05) is 37.3 Å². The fourth-order valence-electron chi connectivity index (χ4n) is 2.95. The van der Waals surface area contributed by atoms with Gasteiger partial charge in [-0.3, -0.25) is 9.59 Å². The number of thioether (sulfide) groups is 1. The number of anilines is 2. The van der Waals surface area contributed by atoms with Gasteiger partial charge in [-0.2, -0.15) is 0 Å². The van der Waals surface area contributed by atoms with Crippen LogP contribution in [0, 0.1) is 0 Å². The summed E-state index contributed by atoms with van der Waals surface area (Å²) in [7, 11) is 0. The molecule has 3 aromatic carbocycles. The first-order valence-corrected chi connectivity index (χ1v) is 12.3. The van der Waals surface area contributed by atoms with Gasteiger partial charge >= 0.3 is 5.97 Å². The van der Waals surface area contributed by atoms with E-state index in [2.05, 4.69) is 10.6 Å². The van der Waals surface area contributed by atoms with Crippen molar-refractivity contribution in [1.82, 2.24) is 0 Å². The number of nitrogens with one attached hydrogen (secondary N) is 2. The lowest BCUT2D eigenvalue weighted by molar-refractivity contribution is -0.118. The number of unbranched alkanes of at least 4 members (excludes halogenated alkanes) is 1. The fraction of sp³-hybridized carbons (Fsp3) is 0.222. The molecule has 0 bridgehead atoms. The molecule has 0 aliphatic carbocycles. The summed E-state index contributed by atoms with van der Waals surface area (Å²) in [5.74, 6) is -0.00889. The van der Waals surface area contributed by atoms with Crippen LogP contribution in [0.1, 0.15) is 30.1 Å². The molecule has 0 spiro atoms. The Kier molecular flexibility index (Phi) is 10.2. The van der Waals surface area contributed by atoms with Gasteiger partial charge in [-0.15, -0.1) is 11.8 Å². The van der Waals surface area contributed by atoms with Crippen molar-refractivity contribution in [2.45, 2.75) is 24.7 Å². The lowest BCUT2D eigenvalue weighted by atomic mass is 10.2. The number of ether oxygens (including phenoxy) is 2. The van der Waals surface area contributed by atoms with Crippen LogP contribution in [-0.2, 0) is 14.3 Å². The molecule has 35 heavy (non-hydrogen) atoms. The highest BCUT2D eigenvalue weighted by Crippen LogP contribution is 2.22. The van der Waals surface area contributed by atoms with Crippen molar-refractivity contribution in [3.05, 3.63) is 84.4 Å². The zero-order chi connectivity index (χ0) is 24.9. The minimum absolute atomic E-state index is 0.0982. The van der Waals surface area contributed by atoms with Crippen molar-refractivity contribution in [3.63, 3.8) is 0 Å². The summed E-state index contributed by atoms with van der Waals surface area (Å²) in [4.78, 5) is 37.3. The Balaban J connectivity index is 1.43. The number of para-hydroxylation sites is 1. The monoisotopic (exact) mass is 492 g/mol. The molecule has 0 saturated heterocycles. The van der Waals surface area contributed by atoms with Crippen LogP contribution in [-0.4, -0.2) is 36.8 Å². The zero-order valence-corrected chi connectivity index (χ0v) is 20.3. The Labute approximate surface area is 209 Å². The van der Waals surface area contributed by atoms with E-state index in [0.717, 1.165) is 17.7 Å². The van der Waals surface area contributed by atoms with E-state index >= 15 is 0 Å². The lowest BCUT2D eigenvalue weighted by Crippen LogP contribution is -2.20. The van der Waals surface area contributed by atoms with Crippen LogP contribution < -0.4 is 15.4 Å². The second-order valence-corrected chi connectivity index (χ2v) is 8.63. The van der Waals surface area contributed by atoms with Crippen LogP contribution in [0.2, 0.25) is 0 Å². The summed E-state index contributed by atoms with van der Waals surface area (Å²) in [6, 6.07) is 23.0. The van der Waals surface area contributed by atoms with Crippen molar-refractivity contribution in [1.29, 1.82) is 0 Å². The summed E-state index contributed by atoms with van der Waals surface area (Å²) < 4.78 is 10.6. The van der Waals surface area contributed by atoms with Gasteiger partial charge in [0.15, 0.2) is 6.61 Å². The molecule has 182 valence electrons. The molecule has 8 heteroatoms. The lowest BCUT2D eigenvalue weighted by Gasteiger charge is -2.09. The zero-order valence-electron chi connectivity index (χ0n) is 19.5. The number of hydrogen-bond acceptors (Lipinski definition) is 6. The maximum absolute atomic E-state index is 12.4. The molecule has 2 N–H and O–H groups in total. The predicted molar refractivity (Wildman–Crippen MR) is 138 cm³/mol. The van der Waals surface area contributed by atoms with Crippen molar-refractivity contribution in [2.24, 2.45) is 0 Å². The van der Waals surface area contributed by atoms with E-state index < -0.39 is 0 Å². The van der Waals surface area contributed by atoms with E-state index in [-0.39, 0.29) is 30.1 Å². The number of rotatable bonds is 12. The average Bonchev–Trinajstić information content (AvgIpc) is 2.88. The minimum atomic E-state index is -0.370. The van der Waals surface area contributed by atoms with Gasteiger partial charge in [-0.1, -0.05) is 37.6 Å². The molecule has 0 heterocycles. The summed E-state index contributed by atoms with van der Waals surface area (Å²) in [6.07, 6.45) is 1.79. The third-order valence-corrected chi connectivity index (χ3v) is 5.73. The Bertz CT molecular complexity index is 1120. The van der Waals surface area contributed by atoms with Gasteiger partial charge < -0.3 is 20.1 Å². The minimum Gasteiger partial charge on any atom is -0.484 e. The normalized spacial score (nSPS) is 10.3. The number of benzene rings is 3. The van der Waals surface area contributed by atoms with Crippen LogP contribution in [0.15, 0.2) is 83.8 Å². The van der Waals surface area contributed by atoms with Crippen molar-refractivity contribution in [3.8, 4) is 5.75 Å². The SMILES string of the molecule is CCCCOC(=O)c1ccc(NC(=O)CSc2cccc(NC(=O)COc3ccccc3)c2)cc1. The molecule has 0 radical (unpaired) electrons. The number of esters is 1. The molecule has 3 rings (SSSR count). The Morgan fingerprint density at radius 1 is 0.829 bits per heavy atom. The molecule has 0 saturated carbocycles. The van der Waals surface area contributed by atoms with Gasteiger partial charge in [0.05, 0.1) is 17.9 Å². The van der Waals surface area contributed by atoms with Gasteiger partial charge in [0.2, 0.25) is 5.91 Å². The molecular weight excluding hydrogens is 464 g/mol. The van der Waals surface area contributed by atoms with E-state index in [1.165, 1.54) is 11.8 Å².